The van der Waals surface area contributed by atoms with Gasteiger partial charge in [0.25, 0.3) is 5.91 Å². The van der Waals surface area contributed by atoms with Gasteiger partial charge in [0.05, 0.1) is 4.90 Å². The molecule has 0 aromatic heterocycles. The number of aryl methyl sites for hydroxylation is 1. The number of carbonyl (C=O) groups is 1. The molecule has 0 fully saturated rings. The second-order valence-electron chi connectivity index (χ2n) is 8.01. The molecule has 2 N–H and O–H groups in total. The number of nitrogens with one attached hydrogen (secondary N) is 2. The van der Waals surface area contributed by atoms with Gasteiger partial charge in [-0.15, -0.1) is 0 Å². The molecule has 0 unspecified atom stereocenters. The maximum absolute atomic E-state index is 12.7. The Kier molecular flexibility index (Phi) is 8.63. The predicted molar refractivity (Wildman–Crippen MR) is 129 cm³/mol. The molecule has 0 heterocycles. The fourth-order valence-electron chi connectivity index (χ4n) is 3.39. The molecule has 0 bridgehead atoms. The molecule has 3 aromatic rings. The van der Waals surface area contributed by atoms with Crippen molar-refractivity contribution in [1.82, 2.24) is 10.0 Å². The number of hydrogen-bond acceptors (Lipinski definition) is 4. The summed E-state index contributed by atoms with van der Waals surface area (Å²) in [5.41, 5.74) is 2.11. The monoisotopic (exact) mass is 466 g/mol. The van der Waals surface area contributed by atoms with E-state index in [1.807, 2.05) is 55.5 Å². The van der Waals surface area contributed by atoms with Gasteiger partial charge in [0.15, 0.2) is 6.61 Å². The van der Waals surface area contributed by atoms with Gasteiger partial charge in [-0.1, -0.05) is 60.7 Å². The van der Waals surface area contributed by atoms with E-state index < -0.39 is 10.0 Å². The van der Waals surface area contributed by atoms with Gasteiger partial charge in [-0.05, 0) is 62.1 Å². The summed E-state index contributed by atoms with van der Waals surface area (Å²) < 4.78 is 33.5. The molecule has 0 saturated carbocycles. The number of ether oxygens (including phenoxy) is 1. The smallest absolute Gasteiger partial charge is 0.258 e. The van der Waals surface area contributed by atoms with E-state index >= 15 is 0 Å². The summed E-state index contributed by atoms with van der Waals surface area (Å²) in [5, 5.41) is 2.92. The van der Waals surface area contributed by atoms with E-state index in [1.54, 1.807) is 19.1 Å². The fourth-order valence-corrected chi connectivity index (χ4v) is 4.62. The number of amides is 1. The predicted octanol–water partition coefficient (Wildman–Crippen LogP) is 4.24. The van der Waals surface area contributed by atoms with Gasteiger partial charge in [0, 0.05) is 12.1 Å². The topological polar surface area (TPSA) is 84.5 Å². The molecule has 33 heavy (non-hydrogen) atoms. The van der Waals surface area contributed by atoms with Gasteiger partial charge in [-0.25, -0.2) is 13.1 Å². The van der Waals surface area contributed by atoms with Crippen molar-refractivity contribution in [2.75, 3.05) is 6.61 Å². The van der Waals surface area contributed by atoms with Crippen LogP contribution in [0, 0.1) is 0 Å². The highest BCUT2D eigenvalue weighted by atomic mass is 32.2. The molecular formula is C26H30N2O4S. The largest absolute Gasteiger partial charge is 0.484 e. The molecular weight excluding hydrogens is 436 g/mol. The summed E-state index contributed by atoms with van der Waals surface area (Å²) >= 11 is 0. The SMILES string of the molecule is C[C@@H](CCc1ccccc1)NC(=O)COc1ccc(S(=O)(=O)N[C@H](C)c2ccccc2)cc1. The summed E-state index contributed by atoms with van der Waals surface area (Å²) in [6, 6.07) is 25.2. The summed E-state index contributed by atoms with van der Waals surface area (Å²) in [5.74, 6) is 0.211. The van der Waals surface area contributed by atoms with Crippen molar-refractivity contribution in [1.29, 1.82) is 0 Å². The van der Waals surface area contributed by atoms with Crippen LogP contribution in [0.5, 0.6) is 5.75 Å². The molecule has 2 atom stereocenters. The molecule has 1 amide bonds. The van der Waals surface area contributed by atoms with E-state index in [1.165, 1.54) is 17.7 Å². The average Bonchev–Trinajstić information content (AvgIpc) is 2.82. The Morgan fingerprint density at radius 1 is 0.879 bits per heavy atom. The fraction of sp³-hybridized carbons (Fsp3) is 0.269. The molecule has 0 radical (unpaired) electrons. The van der Waals surface area contributed by atoms with Crippen LogP contribution in [0.2, 0.25) is 0 Å². The third kappa shape index (κ3) is 7.73. The molecule has 6 nitrogen and oxygen atoms in total. The quantitative estimate of drug-likeness (QED) is 0.443. The number of carbonyl (C=O) groups excluding carboxylic acids is 1. The van der Waals surface area contributed by atoms with Crippen molar-refractivity contribution in [2.45, 2.75) is 43.7 Å². The van der Waals surface area contributed by atoms with Crippen LogP contribution in [-0.2, 0) is 21.2 Å². The first-order chi connectivity index (χ1) is 15.8. The normalized spacial score (nSPS) is 13.2. The molecule has 3 aromatic carbocycles. The number of hydrogen-bond donors (Lipinski definition) is 2. The van der Waals surface area contributed by atoms with Crippen LogP contribution >= 0.6 is 0 Å². The van der Waals surface area contributed by atoms with Crippen LogP contribution in [0.4, 0.5) is 0 Å². The Balaban J connectivity index is 1.46. The van der Waals surface area contributed by atoms with E-state index in [0.717, 1.165) is 18.4 Å². The standard InChI is InChI=1S/C26H30N2O4S/c1-20(13-14-22-9-5-3-6-10-22)27-26(29)19-32-24-15-17-25(18-16-24)33(30,31)28-21(2)23-11-7-4-8-12-23/h3-12,15-18,20-21,28H,13-14,19H2,1-2H3,(H,27,29)/t20-,21+/m0/s1. The third-order valence-corrected chi connectivity index (χ3v) is 6.81. The van der Waals surface area contributed by atoms with Gasteiger partial charge in [-0.2, -0.15) is 0 Å². The molecule has 0 aliphatic rings. The minimum atomic E-state index is -3.69. The Labute approximate surface area is 196 Å². The lowest BCUT2D eigenvalue weighted by atomic mass is 10.1. The van der Waals surface area contributed by atoms with Gasteiger partial charge in [0.1, 0.15) is 5.75 Å². The molecule has 0 aliphatic heterocycles. The van der Waals surface area contributed by atoms with E-state index in [2.05, 4.69) is 22.2 Å². The van der Waals surface area contributed by atoms with Crippen molar-refractivity contribution in [3.8, 4) is 5.75 Å². The lowest BCUT2D eigenvalue weighted by Gasteiger charge is -2.15. The summed E-state index contributed by atoms with van der Waals surface area (Å²) in [6.07, 6.45) is 1.71. The zero-order valence-electron chi connectivity index (χ0n) is 18.9. The van der Waals surface area contributed by atoms with E-state index in [-0.39, 0.29) is 29.5 Å². The number of benzene rings is 3. The first-order valence-corrected chi connectivity index (χ1v) is 12.5. The lowest BCUT2D eigenvalue weighted by Crippen LogP contribution is -2.36. The molecule has 0 spiro atoms. The first kappa shape index (κ1) is 24.5. The molecule has 0 saturated heterocycles. The maximum Gasteiger partial charge on any atom is 0.258 e. The van der Waals surface area contributed by atoms with Gasteiger partial charge in [-0.3, -0.25) is 4.79 Å². The van der Waals surface area contributed by atoms with Crippen LogP contribution < -0.4 is 14.8 Å². The highest BCUT2D eigenvalue weighted by molar-refractivity contribution is 7.89. The van der Waals surface area contributed by atoms with Gasteiger partial charge >= 0.3 is 0 Å². The summed E-state index contributed by atoms with van der Waals surface area (Å²) in [4.78, 5) is 12.3. The zero-order chi connectivity index (χ0) is 23.7. The van der Waals surface area contributed by atoms with Crippen LogP contribution in [0.15, 0.2) is 89.8 Å². The Bertz CT molecular complexity index is 1120. The van der Waals surface area contributed by atoms with Crippen molar-refractivity contribution in [2.24, 2.45) is 0 Å². The van der Waals surface area contributed by atoms with Gasteiger partial charge in [0.2, 0.25) is 10.0 Å². The third-order valence-electron chi connectivity index (χ3n) is 5.25. The number of rotatable bonds is 11. The van der Waals surface area contributed by atoms with Crippen molar-refractivity contribution >= 4 is 15.9 Å². The molecule has 7 heteroatoms. The van der Waals surface area contributed by atoms with Crippen LogP contribution in [0.1, 0.15) is 37.4 Å². The van der Waals surface area contributed by atoms with Crippen LogP contribution in [0.3, 0.4) is 0 Å². The second kappa shape index (κ2) is 11.6. The lowest BCUT2D eigenvalue weighted by molar-refractivity contribution is -0.123. The summed E-state index contributed by atoms with van der Waals surface area (Å²) in [6.45, 7) is 3.62. The average molecular weight is 467 g/mol. The Hall–Kier alpha value is -3.16. The first-order valence-electron chi connectivity index (χ1n) is 11.0. The van der Waals surface area contributed by atoms with Crippen LogP contribution in [0.25, 0.3) is 0 Å². The summed E-state index contributed by atoms with van der Waals surface area (Å²) in [7, 11) is -3.69. The zero-order valence-corrected chi connectivity index (χ0v) is 19.7. The van der Waals surface area contributed by atoms with Crippen molar-refractivity contribution in [3.63, 3.8) is 0 Å². The van der Waals surface area contributed by atoms with Crippen molar-refractivity contribution < 1.29 is 17.9 Å². The molecule has 3 rings (SSSR count). The maximum atomic E-state index is 12.7. The van der Waals surface area contributed by atoms with Crippen LogP contribution in [-0.4, -0.2) is 27.0 Å². The highest BCUT2D eigenvalue weighted by Crippen LogP contribution is 2.19. The Morgan fingerprint density at radius 3 is 2.12 bits per heavy atom. The second-order valence-corrected chi connectivity index (χ2v) is 9.72. The van der Waals surface area contributed by atoms with E-state index in [0.29, 0.717) is 5.75 Å². The Morgan fingerprint density at radius 2 is 1.48 bits per heavy atom. The minimum Gasteiger partial charge on any atom is -0.484 e. The van der Waals surface area contributed by atoms with E-state index in [9.17, 15) is 13.2 Å². The van der Waals surface area contributed by atoms with Gasteiger partial charge < -0.3 is 10.1 Å². The number of sulfonamides is 1. The van der Waals surface area contributed by atoms with E-state index in [4.69, 9.17) is 4.74 Å². The molecule has 174 valence electrons. The highest BCUT2D eigenvalue weighted by Gasteiger charge is 2.18. The molecule has 0 aliphatic carbocycles. The minimum absolute atomic E-state index is 0.0199. The van der Waals surface area contributed by atoms with Crippen molar-refractivity contribution in [3.05, 3.63) is 96.1 Å².